The van der Waals surface area contributed by atoms with Crippen LogP contribution in [0.2, 0.25) is 0 Å². The standard InChI is InChI=1S/C23H26N4O2S/c1-14-7-6-10-19(15(14)2)24-23(30)26-25-22(28)17-11-12-20-18(13-17)21(29-27-20)16-8-4-3-5-9-16/h3-5,8-9,11-15,19H,6-7,10H2,1-2H3,(H,25,28)(H2,24,26,30)/t14-,15-,19+/m1/s1. The van der Waals surface area contributed by atoms with E-state index in [1.807, 2.05) is 30.3 Å². The number of nitrogens with zero attached hydrogens (tertiary/aromatic N) is 1. The van der Waals surface area contributed by atoms with Crippen LogP contribution in [0.3, 0.4) is 0 Å². The van der Waals surface area contributed by atoms with Crippen LogP contribution in [0.4, 0.5) is 0 Å². The highest BCUT2D eigenvalue weighted by atomic mass is 32.1. The minimum absolute atomic E-state index is 0.272. The maximum absolute atomic E-state index is 12.7. The van der Waals surface area contributed by atoms with Crippen molar-refractivity contribution in [2.75, 3.05) is 0 Å². The molecule has 0 radical (unpaired) electrons. The molecule has 4 rings (SSSR count). The average molecular weight is 423 g/mol. The fraction of sp³-hybridized carbons (Fsp3) is 0.348. The van der Waals surface area contributed by atoms with Gasteiger partial charge in [0.05, 0.1) is 5.39 Å². The van der Waals surface area contributed by atoms with Crippen molar-refractivity contribution in [2.24, 2.45) is 11.8 Å². The van der Waals surface area contributed by atoms with Gasteiger partial charge in [-0.15, -0.1) is 0 Å². The van der Waals surface area contributed by atoms with Crippen LogP contribution in [-0.4, -0.2) is 22.2 Å². The molecule has 1 aromatic heterocycles. The van der Waals surface area contributed by atoms with E-state index >= 15 is 0 Å². The molecule has 3 N–H and O–H groups in total. The Kier molecular flexibility index (Phi) is 5.99. The van der Waals surface area contributed by atoms with Gasteiger partial charge in [-0.2, -0.15) is 0 Å². The Morgan fingerprint density at radius 2 is 1.90 bits per heavy atom. The normalized spacial score (nSPS) is 21.2. The second-order valence-electron chi connectivity index (χ2n) is 8.04. The van der Waals surface area contributed by atoms with Crippen molar-refractivity contribution < 1.29 is 9.32 Å². The third-order valence-corrected chi connectivity index (χ3v) is 6.31. The van der Waals surface area contributed by atoms with E-state index in [1.165, 1.54) is 12.8 Å². The number of aromatic nitrogens is 1. The summed E-state index contributed by atoms with van der Waals surface area (Å²) in [7, 11) is 0. The molecule has 2 aromatic carbocycles. The number of carbonyl (C=O) groups excluding carboxylic acids is 1. The number of thiocarbonyl (C=S) groups is 1. The molecule has 3 atom stereocenters. The van der Waals surface area contributed by atoms with Gasteiger partial charge < -0.3 is 9.84 Å². The molecule has 3 aromatic rings. The zero-order valence-corrected chi connectivity index (χ0v) is 18.0. The smallest absolute Gasteiger partial charge is 0.269 e. The van der Waals surface area contributed by atoms with Crippen LogP contribution in [0.1, 0.15) is 43.5 Å². The van der Waals surface area contributed by atoms with Gasteiger partial charge in [-0.3, -0.25) is 15.6 Å². The molecule has 1 saturated carbocycles. The molecule has 1 aliphatic rings. The van der Waals surface area contributed by atoms with Crippen molar-refractivity contribution in [3.63, 3.8) is 0 Å². The van der Waals surface area contributed by atoms with Gasteiger partial charge in [0, 0.05) is 17.2 Å². The van der Waals surface area contributed by atoms with E-state index in [0.717, 1.165) is 17.4 Å². The predicted octanol–water partition coefficient (Wildman–Crippen LogP) is 4.43. The summed E-state index contributed by atoms with van der Waals surface area (Å²) in [5.74, 6) is 1.58. The molecule has 6 nitrogen and oxygen atoms in total. The van der Waals surface area contributed by atoms with Gasteiger partial charge in [0.1, 0.15) is 5.52 Å². The van der Waals surface area contributed by atoms with E-state index in [4.69, 9.17) is 16.7 Å². The first kappa shape index (κ1) is 20.3. The molecule has 1 fully saturated rings. The molecule has 0 saturated heterocycles. The Bertz CT molecular complexity index is 1050. The van der Waals surface area contributed by atoms with Crippen LogP contribution < -0.4 is 16.2 Å². The van der Waals surface area contributed by atoms with Gasteiger partial charge >= 0.3 is 0 Å². The SMILES string of the molecule is C[C@@H]1[C@H](C)CCC[C@@H]1NC(=S)NNC(=O)c1ccc2noc(-c3ccccc3)c2c1. The molecule has 0 spiro atoms. The summed E-state index contributed by atoms with van der Waals surface area (Å²) in [5.41, 5.74) is 7.64. The molecule has 30 heavy (non-hydrogen) atoms. The number of hydrogen-bond donors (Lipinski definition) is 3. The summed E-state index contributed by atoms with van der Waals surface area (Å²) in [6, 6.07) is 15.3. The van der Waals surface area contributed by atoms with Crippen molar-refractivity contribution in [3.8, 4) is 11.3 Å². The first-order chi connectivity index (χ1) is 14.5. The first-order valence-corrected chi connectivity index (χ1v) is 10.8. The molecular weight excluding hydrogens is 396 g/mol. The number of nitrogens with one attached hydrogen (secondary N) is 3. The van der Waals surface area contributed by atoms with Gasteiger partial charge in [0.2, 0.25) is 0 Å². The largest absolute Gasteiger partial charge is 0.358 e. The van der Waals surface area contributed by atoms with Crippen molar-refractivity contribution in [1.82, 2.24) is 21.3 Å². The lowest BCUT2D eigenvalue weighted by Gasteiger charge is -2.35. The number of hydrazine groups is 1. The summed E-state index contributed by atoms with van der Waals surface area (Å²) in [6.45, 7) is 4.53. The number of rotatable bonds is 3. The first-order valence-electron chi connectivity index (χ1n) is 10.3. The Hall–Kier alpha value is -2.93. The summed E-state index contributed by atoms with van der Waals surface area (Å²) < 4.78 is 5.51. The number of carbonyl (C=O) groups is 1. The van der Waals surface area contributed by atoms with E-state index in [1.54, 1.807) is 18.2 Å². The summed E-state index contributed by atoms with van der Waals surface area (Å²) in [4.78, 5) is 12.7. The maximum Gasteiger partial charge on any atom is 0.269 e. The fourth-order valence-corrected chi connectivity index (χ4v) is 4.26. The summed E-state index contributed by atoms with van der Waals surface area (Å²) in [5, 5.41) is 8.66. The van der Waals surface area contributed by atoms with Crippen molar-refractivity contribution >= 4 is 34.1 Å². The van der Waals surface area contributed by atoms with Gasteiger partial charge in [-0.25, -0.2) is 0 Å². The van der Waals surface area contributed by atoms with Crippen molar-refractivity contribution in [1.29, 1.82) is 0 Å². The third kappa shape index (κ3) is 4.31. The third-order valence-electron chi connectivity index (χ3n) is 6.09. The summed E-state index contributed by atoms with van der Waals surface area (Å²) in [6.07, 6.45) is 3.54. The molecule has 0 bridgehead atoms. The van der Waals surface area contributed by atoms with E-state index in [-0.39, 0.29) is 5.91 Å². The maximum atomic E-state index is 12.7. The highest BCUT2D eigenvalue weighted by Gasteiger charge is 2.27. The predicted molar refractivity (Wildman–Crippen MR) is 122 cm³/mol. The molecule has 7 heteroatoms. The monoisotopic (exact) mass is 422 g/mol. The number of amides is 1. The molecule has 1 amide bonds. The highest BCUT2D eigenvalue weighted by molar-refractivity contribution is 7.80. The second kappa shape index (κ2) is 8.83. The van der Waals surface area contributed by atoms with Crippen LogP contribution in [0, 0.1) is 11.8 Å². The average Bonchev–Trinajstić information content (AvgIpc) is 3.19. The molecule has 0 aliphatic heterocycles. The van der Waals surface area contributed by atoms with Gasteiger partial charge in [-0.1, -0.05) is 62.2 Å². The summed E-state index contributed by atoms with van der Waals surface area (Å²) >= 11 is 5.38. The lowest BCUT2D eigenvalue weighted by molar-refractivity contribution is 0.0943. The number of hydrogen-bond acceptors (Lipinski definition) is 4. The zero-order valence-electron chi connectivity index (χ0n) is 17.1. The van der Waals surface area contributed by atoms with E-state index in [0.29, 0.717) is 39.8 Å². The fourth-order valence-electron chi connectivity index (χ4n) is 4.06. The van der Waals surface area contributed by atoms with Crippen molar-refractivity contribution in [2.45, 2.75) is 39.2 Å². The van der Waals surface area contributed by atoms with E-state index in [9.17, 15) is 4.79 Å². The lowest BCUT2D eigenvalue weighted by Crippen LogP contribution is -2.52. The van der Waals surface area contributed by atoms with Crippen LogP contribution >= 0.6 is 12.2 Å². The van der Waals surface area contributed by atoms with Crippen LogP contribution in [-0.2, 0) is 0 Å². The number of fused-ring (bicyclic) bond motifs is 1. The Labute approximate surface area is 181 Å². The quantitative estimate of drug-likeness (QED) is 0.428. The Morgan fingerprint density at radius 1 is 1.10 bits per heavy atom. The van der Waals surface area contributed by atoms with Gasteiger partial charge in [0.25, 0.3) is 5.91 Å². The van der Waals surface area contributed by atoms with Crippen LogP contribution in [0.15, 0.2) is 53.1 Å². The minimum Gasteiger partial charge on any atom is -0.358 e. The van der Waals surface area contributed by atoms with Gasteiger partial charge in [-0.05, 0) is 48.7 Å². The topological polar surface area (TPSA) is 79.2 Å². The highest BCUT2D eigenvalue weighted by Crippen LogP contribution is 2.30. The Balaban J connectivity index is 1.41. The Morgan fingerprint density at radius 3 is 2.70 bits per heavy atom. The van der Waals surface area contributed by atoms with E-state index < -0.39 is 0 Å². The van der Waals surface area contributed by atoms with Gasteiger partial charge in [0.15, 0.2) is 10.9 Å². The second-order valence-corrected chi connectivity index (χ2v) is 8.44. The van der Waals surface area contributed by atoms with Crippen molar-refractivity contribution in [3.05, 3.63) is 54.1 Å². The number of benzene rings is 2. The molecule has 1 aliphatic carbocycles. The van der Waals surface area contributed by atoms with Crippen LogP contribution in [0.25, 0.3) is 22.2 Å². The molecule has 156 valence electrons. The van der Waals surface area contributed by atoms with Crippen LogP contribution in [0.5, 0.6) is 0 Å². The molecule has 0 unspecified atom stereocenters. The van der Waals surface area contributed by atoms with E-state index in [2.05, 4.69) is 35.2 Å². The lowest BCUT2D eigenvalue weighted by atomic mass is 9.78. The zero-order chi connectivity index (χ0) is 21.1. The molecular formula is C23H26N4O2S. The molecule has 1 heterocycles. The minimum atomic E-state index is -0.272.